The minimum Gasteiger partial charge on any atom is -0.318 e. The second kappa shape index (κ2) is 9.92. The number of rotatable bonds is 9. The van der Waals surface area contributed by atoms with Crippen LogP contribution >= 0.6 is 0 Å². The van der Waals surface area contributed by atoms with Gasteiger partial charge in [0.25, 0.3) is 0 Å². The Kier molecular flexibility index (Phi) is 9.80. The lowest BCUT2D eigenvalue weighted by Gasteiger charge is -2.21. The van der Waals surface area contributed by atoms with Gasteiger partial charge >= 0.3 is 0 Å². The van der Waals surface area contributed by atoms with Crippen LogP contribution in [0.1, 0.15) is 6.42 Å². The standard InChI is InChI=1S/C9H23N4/c1-11-5-8-13(7-3-4-10)9-6-12-2/h10-12H,3-9H2,1-2H3. The molecule has 0 amide bonds. The van der Waals surface area contributed by atoms with E-state index in [1.54, 1.807) is 0 Å². The summed E-state index contributed by atoms with van der Waals surface area (Å²) in [5, 5.41) is 6.28. The second-order valence-electron chi connectivity index (χ2n) is 3.15. The van der Waals surface area contributed by atoms with Crippen molar-refractivity contribution < 1.29 is 0 Å². The van der Waals surface area contributed by atoms with Crippen molar-refractivity contribution in [3.63, 3.8) is 0 Å². The average Bonchev–Trinajstić information content (AvgIpc) is 2.17. The molecule has 4 nitrogen and oxygen atoms in total. The minimum absolute atomic E-state index is 0.537. The van der Waals surface area contributed by atoms with Crippen LogP contribution in [-0.4, -0.2) is 58.3 Å². The third kappa shape index (κ3) is 8.18. The lowest BCUT2D eigenvalue weighted by molar-refractivity contribution is 0.275. The molecule has 0 atom stereocenters. The zero-order valence-corrected chi connectivity index (χ0v) is 8.90. The maximum atomic E-state index is 7.09. The van der Waals surface area contributed by atoms with Crippen molar-refractivity contribution in [2.75, 3.05) is 53.4 Å². The fourth-order valence-electron chi connectivity index (χ4n) is 1.18. The van der Waals surface area contributed by atoms with Gasteiger partial charge in [0.15, 0.2) is 0 Å². The van der Waals surface area contributed by atoms with E-state index in [0.29, 0.717) is 6.54 Å². The Morgan fingerprint density at radius 3 is 1.92 bits per heavy atom. The van der Waals surface area contributed by atoms with Gasteiger partial charge in [-0.25, -0.2) is 0 Å². The Morgan fingerprint density at radius 2 is 1.54 bits per heavy atom. The molecule has 0 heterocycles. The summed E-state index contributed by atoms with van der Waals surface area (Å²) in [5.74, 6) is 0. The van der Waals surface area contributed by atoms with Gasteiger partial charge in [0.1, 0.15) is 0 Å². The Bertz CT molecular complexity index is 78.6. The maximum Gasteiger partial charge on any atom is 0.0112 e. The summed E-state index contributed by atoms with van der Waals surface area (Å²) in [4.78, 5) is 2.39. The highest BCUT2D eigenvalue weighted by Gasteiger charge is 2.01. The van der Waals surface area contributed by atoms with Gasteiger partial charge in [0, 0.05) is 32.7 Å². The molecule has 0 unspecified atom stereocenters. The molecule has 0 bridgehead atoms. The number of hydrogen-bond donors (Lipinski definition) is 2. The molecule has 13 heavy (non-hydrogen) atoms. The van der Waals surface area contributed by atoms with Crippen molar-refractivity contribution >= 4 is 0 Å². The largest absolute Gasteiger partial charge is 0.318 e. The van der Waals surface area contributed by atoms with Gasteiger partial charge in [-0.05, 0) is 27.1 Å². The molecule has 0 aromatic rings. The summed E-state index contributed by atoms with van der Waals surface area (Å²) in [7, 11) is 3.95. The molecule has 0 aromatic heterocycles. The molecule has 0 fully saturated rings. The van der Waals surface area contributed by atoms with E-state index in [4.69, 9.17) is 5.73 Å². The van der Waals surface area contributed by atoms with Gasteiger partial charge in [0.2, 0.25) is 0 Å². The molecule has 0 saturated heterocycles. The van der Waals surface area contributed by atoms with Gasteiger partial charge in [-0.2, -0.15) is 0 Å². The van der Waals surface area contributed by atoms with Crippen molar-refractivity contribution in [1.82, 2.24) is 21.3 Å². The smallest absolute Gasteiger partial charge is 0.0112 e. The first kappa shape index (κ1) is 12.8. The molecule has 0 rings (SSSR count). The van der Waals surface area contributed by atoms with Crippen LogP contribution in [0.2, 0.25) is 0 Å². The molecular weight excluding hydrogens is 164 g/mol. The molecule has 0 aliphatic heterocycles. The van der Waals surface area contributed by atoms with Crippen LogP contribution in [0.25, 0.3) is 0 Å². The van der Waals surface area contributed by atoms with E-state index in [-0.39, 0.29) is 0 Å². The van der Waals surface area contributed by atoms with Crippen LogP contribution < -0.4 is 16.4 Å². The SMILES string of the molecule is CNCCN(CCC[NH])CCNC. The first-order valence-electron chi connectivity index (χ1n) is 5.01. The van der Waals surface area contributed by atoms with Gasteiger partial charge in [-0.3, -0.25) is 5.73 Å². The van der Waals surface area contributed by atoms with Crippen LogP contribution in [-0.2, 0) is 0 Å². The van der Waals surface area contributed by atoms with Gasteiger partial charge < -0.3 is 15.5 Å². The molecule has 0 saturated carbocycles. The zero-order valence-electron chi connectivity index (χ0n) is 8.90. The second-order valence-corrected chi connectivity index (χ2v) is 3.15. The molecule has 0 aliphatic rings. The lowest BCUT2D eigenvalue weighted by Crippen LogP contribution is -2.36. The van der Waals surface area contributed by atoms with E-state index >= 15 is 0 Å². The highest BCUT2D eigenvalue weighted by atomic mass is 15.1. The molecule has 0 spiro atoms. The summed E-state index contributed by atoms with van der Waals surface area (Å²) in [5.41, 5.74) is 7.09. The molecule has 1 radical (unpaired) electrons. The minimum atomic E-state index is 0.537. The first-order valence-corrected chi connectivity index (χ1v) is 5.01. The van der Waals surface area contributed by atoms with Crippen LogP contribution in [0.3, 0.4) is 0 Å². The number of nitrogens with zero attached hydrogens (tertiary/aromatic N) is 1. The van der Waals surface area contributed by atoms with Crippen molar-refractivity contribution in [2.45, 2.75) is 6.42 Å². The summed E-state index contributed by atoms with van der Waals surface area (Å²) in [6.07, 6.45) is 0.980. The predicted molar refractivity (Wildman–Crippen MR) is 56.9 cm³/mol. The Hall–Kier alpha value is -0.160. The van der Waals surface area contributed by atoms with E-state index in [9.17, 15) is 0 Å². The van der Waals surface area contributed by atoms with Crippen molar-refractivity contribution in [3.05, 3.63) is 0 Å². The van der Waals surface area contributed by atoms with E-state index < -0.39 is 0 Å². The van der Waals surface area contributed by atoms with Gasteiger partial charge in [0.05, 0.1) is 0 Å². The van der Waals surface area contributed by atoms with Crippen molar-refractivity contribution in [3.8, 4) is 0 Å². The predicted octanol–water partition coefficient (Wildman–Crippen LogP) is -0.600. The van der Waals surface area contributed by atoms with Crippen molar-refractivity contribution in [1.29, 1.82) is 0 Å². The normalized spacial score (nSPS) is 11.1. The van der Waals surface area contributed by atoms with Gasteiger partial charge in [-0.15, -0.1) is 0 Å². The zero-order chi connectivity index (χ0) is 9.94. The highest BCUT2D eigenvalue weighted by molar-refractivity contribution is 4.60. The molecule has 3 N–H and O–H groups in total. The van der Waals surface area contributed by atoms with Crippen LogP contribution in [0, 0.1) is 0 Å². The maximum absolute atomic E-state index is 7.09. The molecule has 0 aromatic carbocycles. The van der Waals surface area contributed by atoms with E-state index in [1.165, 1.54) is 0 Å². The topological polar surface area (TPSA) is 51.1 Å². The first-order chi connectivity index (χ1) is 6.35. The molecule has 4 heteroatoms. The molecule has 79 valence electrons. The van der Waals surface area contributed by atoms with E-state index in [2.05, 4.69) is 15.5 Å². The van der Waals surface area contributed by atoms with Crippen LogP contribution in [0.4, 0.5) is 0 Å². The summed E-state index contributed by atoms with van der Waals surface area (Å²) < 4.78 is 0. The van der Waals surface area contributed by atoms with Crippen LogP contribution in [0.5, 0.6) is 0 Å². The third-order valence-electron chi connectivity index (χ3n) is 2.01. The average molecular weight is 187 g/mol. The molecule has 0 aliphatic carbocycles. The third-order valence-corrected chi connectivity index (χ3v) is 2.01. The van der Waals surface area contributed by atoms with E-state index in [0.717, 1.165) is 39.1 Å². The summed E-state index contributed by atoms with van der Waals surface area (Å²) in [6, 6.07) is 0. The Labute approximate surface area is 81.9 Å². The number of likely N-dealkylation sites (N-methyl/N-ethyl adjacent to an activating group) is 2. The molecular formula is C9H23N4. The Morgan fingerprint density at radius 1 is 1.00 bits per heavy atom. The Balaban J connectivity index is 3.47. The van der Waals surface area contributed by atoms with Gasteiger partial charge in [-0.1, -0.05) is 0 Å². The highest BCUT2D eigenvalue weighted by Crippen LogP contribution is 1.89. The summed E-state index contributed by atoms with van der Waals surface area (Å²) >= 11 is 0. The van der Waals surface area contributed by atoms with E-state index in [1.807, 2.05) is 14.1 Å². The lowest BCUT2D eigenvalue weighted by atomic mass is 10.3. The van der Waals surface area contributed by atoms with Crippen molar-refractivity contribution in [2.24, 2.45) is 0 Å². The summed E-state index contributed by atoms with van der Waals surface area (Å²) in [6.45, 7) is 5.81. The monoisotopic (exact) mass is 187 g/mol. The number of nitrogens with one attached hydrogen (secondary N) is 3. The quantitative estimate of drug-likeness (QED) is 0.507. The number of hydrogen-bond acceptors (Lipinski definition) is 3. The van der Waals surface area contributed by atoms with Crippen LogP contribution in [0.15, 0.2) is 0 Å². The fraction of sp³-hybridized carbons (Fsp3) is 1.00. The fourth-order valence-corrected chi connectivity index (χ4v) is 1.18.